The van der Waals surface area contributed by atoms with Gasteiger partial charge in [0.05, 0.1) is 0 Å². The van der Waals surface area contributed by atoms with Gasteiger partial charge in [-0.3, -0.25) is 4.79 Å². The van der Waals surface area contributed by atoms with Crippen molar-refractivity contribution in [3.05, 3.63) is 59.1 Å². The third-order valence-corrected chi connectivity index (χ3v) is 2.88. The molecule has 0 saturated carbocycles. The first kappa shape index (κ1) is 14.2. The lowest BCUT2D eigenvalue weighted by molar-refractivity contribution is -0.123. The Balaban J connectivity index is 1.77. The van der Waals surface area contributed by atoms with Crippen molar-refractivity contribution in [3.63, 3.8) is 0 Å². The Bertz CT molecular complexity index is 585. The summed E-state index contributed by atoms with van der Waals surface area (Å²) in [5.74, 6) is 0.383. The summed E-state index contributed by atoms with van der Waals surface area (Å²) in [5, 5.41) is 3.44. The van der Waals surface area contributed by atoms with Crippen LogP contribution in [0.5, 0.6) is 5.75 Å². The highest BCUT2D eigenvalue weighted by atomic mass is 35.5. The highest BCUT2D eigenvalue weighted by Gasteiger charge is 2.03. The Morgan fingerprint density at radius 1 is 1.20 bits per heavy atom. The van der Waals surface area contributed by atoms with Crippen LogP contribution in [0.1, 0.15) is 5.56 Å². The number of nitrogens with two attached hydrogens (primary N) is 1. The first-order valence-electron chi connectivity index (χ1n) is 6.13. The Kier molecular flexibility index (Phi) is 4.85. The van der Waals surface area contributed by atoms with Crippen molar-refractivity contribution < 1.29 is 9.53 Å². The summed E-state index contributed by atoms with van der Waals surface area (Å²) in [4.78, 5) is 11.6. The van der Waals surface area contributed by atoms with Crippen molar-refractivity contribution >= 4 is 23.2 Å². The number of nitrogen functional groups attached to an aromatic ring is 1. The van der Waals surface area contributed by atoms with Crippen LogP contribution in [0.3, 0.4) is 0 Å². The number of rotatable bonds is 5. The number of hydrogen-bond acceptors (Lipinski definition) is 3. The average molecular weight is 291 g/mol. The van der Waals surface area contributed by atoms with Gasteiger partial charge in [0, 0.05) is 23.3 Å². The summed E-state index contributed by atoms with van der Waals surface area (Å²) < 4.78 is 5.34. The quantitative estimate of drug-likeness (QED) is 0.832. The fraction of sp³-hybridized carbons (Fsp3) is 0.133. The van der Waals surface area contributed by atoms with E-state index in [4.69, 9.17) is 22.1 Å². The number of carbonyl (C=O) groups excluding carboxylic acids is 1. The topological polar surface area (TPSA) is 64.3 Å². The summed E-state index contributed by atoms with van der Waals surface area (Å²) in [6.07, 6.45) is 0. The minimum absolute atomic E-state index is 0.0446. The molecule has 0 spiro atoms. The maximum Gasteiger partial charge on any atom is 0.258 e. The predicted octanol–water partition coefficient (Wildman–Crippen LogP) is 2.62. The number of carbonyl (C=O) groups is 1. The van der Waals surface area contributed by atoms with E-state index in [1.807, 2.05) is 12.1 Å². The zero-order valence-corrected chi connectivity index (χ0v) is 11.6. The van der Waals surface area contributed by atoms with Crippen molar-refractivity contribution in [2.75, 3.05) is 12.3 Å². The second-order valence-electron chi connectivity index (χ2n) is 4.26. The van der Waals surface area contributed by atoms with Gasteiger partial charge < -0.3 is 15.8 Å². The van der Waals surface area contributed by atoms with Crippen LogP contribution >= 0.6 is 11.6 Å². The van der Waals surface area contributed by atoms with E-state index >= 15 is 0 Å². The van der Waals surface area contributed by atoms with Gasteiger partial charge in [0.15, 0.2) is 6.61 Å². The zero-order chi connectivity index (χ0) is 14.4. The lowest BCUT2D eigenvalue weighted by Crippen LogP contribution is -2.28. The monoisotopic (exact) mass is 290 g/mol. The number of amides is 1. The van der Waals surface area contributed by atoms with E-state index in [9.17, 15) is 4.79 Å². The van der Waals surface area contributed by atoms with Crippen molar-refractivity contribution in [2.45, 2.75) is 6.54 Å². The summed E-state index contributed by atoms with van der Waals surface area (Å²) in [6, 6.07) is 14.3. The SMILES string of the molecule is Nc1cccc(OCC(=O)NCc2ccc(Cl)cc2)c1. The Morgan fingerprint density at radius 3 is 2.65 bits per heavy atom. The van der Waals surface area contributed by atoms with Gasteiger partial charge in [0.25, 0.3) is 5.91 Å². The molecule has 3 N–H and O–H groups in total. The van der Waals surface area contributed by atoms with Gasteiger partial charge in [-0.25, -0.2) is 0 Å². The maximum atomic E-state index is 11.6. The van der Waals surface area contributed by atoms with Gasteiger partial charge in [-0.1, -0.05) is 29.8 Å². The van der Waals surface area contributed by atoms with Crippen molar-refractivity contribution in [1.29, 1.82) is 0 Å². The van der Waals surface area contributed by atoms with Gasteiger partial charge in [0.2, 0.25) is 0 Å². The van der Waals surface area contributed by atoms with Crippen LogP contribution in [0.15, 0.2) is 48.5 Å². The molecular weight excluding hydrogens is 276 g/mol. The molecule has 0 aliphatic rings. The molecule has 1 amide bonds. The lowest BCUT2D eigenvalue weighted by Gasteiger charge is -2.08. The number of benzene rings is 2. The molecule has 0 heterocycles. The minimum Gasteiger partial charge on any atom is -0.484 e. The maximum absolute atomic E-state index is 11.6. The van der Waals surface area contributed by atoms with Crippen molar-refractivity contribution in [3.8, 4) is 5.75 Å². The highest BCUT2D eigenvalue weighted by molar-refractivity contribution is 6.30. The molecule has 4 nitrogen and oxygen atoms in total. The van der Waals surface area contributed by atoms with Gasteiger partial charge in [-0.15, -0.1) is 0 Å². The molecular formula is C15H15ClN2O2. The van der Waals surface area contributed by atoms with Crippen LogP contribution in [-0.2, 0) is 11.3 Å². The van der Waals surface area contributed by atoms with Gasteiger partial charge in [-0.05, 0) is 29.8 Å². The fourth-order valence-corrected chi connectivity index (χ4v) is 1.73. The molecule has 0 radical (unpaired) electrons. The van der Waals surface area contributed by atoms with E-state index in [2.05, 4.69) is 5.32 Å². The Labute approximate surface area is 122 Å². The van der Waals surface area contributed by atoms with E-state index in [0.29, 0.717) is 23.0 Å². The minimum atomic E-state index is -0.192. The van der Waals surface area contributed by atoms with Crippen LogP contribution in [0.2, 0.25) is 5.02 Å². The smallest absolute Gasteiger partial charge is 0.258 e. The van der Waals surface area contributed by atoms with E-state index in [1.165, 1.54) is 0 Å². The molecule has 0 atom stereocenters. The van der Waals surface area contributed by atoms with Gasteiger partial charge in [-0.2, -0.15) is 0 Å². The number of ether oxygens (including phenoxy) is 1. The van der Waals surface area contributed by atoms with E-state index in [0.717, 1.165) is 5.56 Å². The molecule has 0 unspecified atom stereocenters. The molecule has 5 heteroatoms. The number of hydrogen-bond donors (Lipinski definition) is 2. The van der Waals surface area contributed by atoms with Gasteiger partial charge in [0.1, 0.15) is 5.75 Å². The Hall–Kier alpha value is -2.20. The lowest BCUT2D eigenvalue weighted by atomic mass is 10.2. The summed E-state index contributed by atoms with van der Waals surface area (Å²) in [5.41, 5.74) is 7.20. The van der Waals surface area contributed by atoms with Crippen LogP contribution < -0.4 is 15.8 Å². The number of nitrogens with one attached hydrogen (secondary N) is 1. The zero-order valence-electron chi connectivity index (χ0n) is 10.8. The molecule has 0 bridgehead atoms. The largest absolute Gasteiger partial charge is 0.484 e. The second-order valence-corrected chi connectivity index (χ2v) is 4.70. The molecule has 2 aromatic carbocycles. The average Bonchev–Trinajstić information content (AvgIpc) is 2.45. The van der Waals surface area contributed by atoms with Crippen molar-refractivity contribution in [2.24, 2.45) is 0 Å². The molecule has 0 aliphatic heterocycles. The normalized spacial score (nSPS) is 10.1. The van der Waals surface area contributed by atoms with E-state index in [-0.39, 0.29) is 12.5 Å². The molecule has 0 aromatic heterocycles. The third kappa shape index (κ3) is 4.48. The van der Waals surface area contributed by atoms with E-state index < -0.39 is 0 Å². The highest BCUT2D eigenvalue weighted by Crippen LogP contribution is 2.14. The first-order valence-corrected chi connectivity index (χ1v) is 6.51. The fourth-order valence-electron chi connectivity index (χ4n) is 1.61. The third-order valence-electron chi connectivity index (χ3n) is 2.63. The molecule has 0 aliphatic carbocycles. The summed E-state index contributed by atoms with van der Waals surface area (Å²) in [7, 11) is 0. The summed E-state index contributed by atoms with van der Waals surface area (Å²) in [6.45, 7) is 0.396. The molecule has 2 rings (SSSR count). The van der Waals surface area contributed by atoms with Crippen LogP contribution in [0.4, 0.5) is 5.69 Å². The second kappa shape index (κ2) is 6.82. The van der Waals surface area contributed by atoms with E-state index in [1.54, 1.807) is 36.4 Å². The molecule has 2 aromatic rings. The number of anilines is 1. The Morgan fingerprint density at radius 2 is 1.95 bits per heavy atom. The van der Waals surface area contributed by atoms with Crippen molar-refractivity contribution in [1.82, 2.24) is 5.32 Å². The molecule has 0 saturated heterocycles. The van der Waals surface area contributed by atoms with Crippen LogP contribution in [0, 0.1) is 0 Å². The predicted molar refractivity (Wildman–Crippen MR) is 79.6 cm³/mol. The number of halogens is 1. The first-order chi connectivity index (χ1) is 9.63. The summed E-state index contributed by atoms with van der Waals surface area (Å²) >= 11 is 5.79. The van der Waals surface area contributed by atoms with Gasteiger partial charge >= 0.3 is 0 Å². The molecule has 104 valence electrons. The van der Waals surface area contributed by atoms with Crippen LogP contribution in [0.25, 0.3) is 0 Å². The van der Waals surface area contributed by atoms with Crippen LogP contribution in [-0.4, -0.2) is 12.5 Å². The standard InChI is InChI=1S/C15H15ClN2O2/c16-12-6-4-11(5-7-12)9-18-15(19)10-20-14-3-1-2-13(17)8-14/h1-8H,9-10,17H2,(H,18,19). The molecule has 0 fully saturated rings. The molecule has 20 heavy (non-hydrogen) atoms.